The second-order valence-electron chi connectivity index (χ2n) is 7.15. The molecule has 0 amide bonds. The van der Waals surface area contributed by atoms with Gasteiger partial charge in [-0.1, -0.05) is 24.4 Å². The van der Waals surface area contributed by atoms with Crippen LogP contribution in [0.4, 0.5) is 30.6 Å². The number of nitrogens with zero attached hydrogens (tertiary/aromatic N) is 3. The number of hydrogen-bond donors (Lipinski definition) is 2. The van der Waals surface area contributed by atoms with Crippen LogP contribution in [-0.4, -0.2) is 21.0 Å². The fourth-order valence-electron chi connectivity index (χ4n) is 3.42. The van der Waals surface area contributed by atoms with Crippen LogP contribution >= 0.6 is 11.6 Å². The predicted octanol–water partition coefficient (Wildman–Crippen LogP) is 6.31. The number of aromatic nitrogens is 3. The Kier molecular flexibility index (Phi) is 5.76. The Morgan fingerprint density at radius 2 is 1.83 bits per heavy atom. The third kappa shape index (κ3) is 4.81. The summed E-state index contributed by atoms with van der Waals surface area (Å²) in [4.78, 5) is 13.2. The molecule has 0 saturated heterocycles. The van der Waals surface area contributed by atoms with E-state index < -0.39 is 11.7 Å². The number of alkyl halides is 3. The summed E-state index contributed by atoms with van der Waals surface area (Å²) in [6, 6.07) is 8.87. The zero-order chi connectivity index (χ0) is 21.1. The van der Waals surface area contributed by atoms with Gasteiger partial charge in [0.1, 0.15) is 5.82 Å². The average Bonchev–Trinajstić information content (AvgIpc) is 3.22. The highest BCUT2D eigenvalue weighted by atomic mass is 35.5. The molecule has 2 aromatic heterocycles. The third-order valence-corrected chi connectivity index (χ3v) is 5.24. The van der Waals surface area contributed by atoms with Crippen molar-refractivity contribution in [3.8, 4) is 11.3 Å². The number of nitrogens with one attached hydrogen (secondary N) is 2. The van der Waals surface area contributed by atoms with Crippen LogP contribution in [0, 0.1) is 0 Å². The molecule has 0 spiro atoms. The average molecular weight is 434 g/mol. The van der Waals surface area contributed by atoms with Gasteiger partial charge in [-0.05, 0) is 43.2 Å². The number of pyridine rings is 1. The van der Waals surface area contributed by atoms with E-state index in [9.17, 15) is 13.2 Å². The van der Waals surface area contributed by atoms with Gasteiger partial charge in [-0.3, -0.25) is 4.98 Å². The number of anilines is 3. The first-order chi connectivity index (χ1) is 14.4. The minimum atomic E-state index is -4.46. The van der Waals surface area contributed by atoms with Crippen LogP contribution in [0.25, 0.3) is 11.3 Å². The zero-order valence-corrected chi connectivity index (χ0v) is 16.6. The summed E-state index contributed by atoms with van der Waals surface area (Å²) in [5, 5.41) is 6.33. The Morgan fingerprint density at radius 3 is 2.50 bits per heavy atom. The van der Waals surface area contributed by atoms with Gasteiger partial charge >= 0.3 is 6.18 Å². The molecular weight excluding hydrogens is 415 g/mol. The van der Waals surface area contributed by atoms with E-state index in [0.717, 1.165) is 43.4 Å². The molecule has 4 rings (SSSR count). The summed E-state index contributed by atoms with van der Waals surface area (Å²) in [6.45, 7) is 0. The minimum Gasteiger partial charge on any atom is -0.351 e. The summed E-state index contributed by atoms with van der Waals surface area (Å²) >= 11 is 6.09. The lowest BCUT2D eigenvalue weighted by Gasteiger charge is -2.16. The van der Waals surface area contributed by atoms with Crippen molar-refractivity contribution in [1.82, 2.24) is 15.0 Å². The number of hydrogen-bond acceptors (Lipinski definition) is 5. The highest BCUT2D eigenvalue weighted by Gasteiger charge is 2.31. The molecule has 1 saturated carbocycles. The van der Waals surface area contributed by atoms with Crippen molar-refractivity contribution in [2.24, 2.45) is 0 Å². The summed E-state index contributed by atoms with van der Waals surface area (Å²) in [6.07, 6.45) is 3.32. The molecule has 1 aliphatic carbocycles. The van der Waals surface area contributed by atoms with Gasteiger partial charge in [0.2, 0.25) is 5.95 Å². The molecule has 0 radical (unpaired) electrons. The molecule has 0 bridgehead atoms. The van der Waals surface area contributed by atoms with Crippen molar-refractivity contribution in [3.63, 3.8) is 0 Å². The number of rotatable bonds is 5. The summed E-state index contributed by atoms with van der Waals surface area (Å²) in [7, 11) is 0. The van der Waals surface area contributed by atoms with E-state index in [1.807, 2.05) is 6.07 Å². The van der Waals surface area contributed by atoms with Gasteiger partial charge in [-0.2, -0.15) is 18.2 Å². The quantitative estimate of drug-likeness (QED) is 0.493. The molecular formula is C21H19ClF3N5. The maximum Gasteiger partial charge on any atom is 0.416 e. The largest absolute Gasteiger partial charge is 0.416 e. The molecule has 1 aromatic carbocycles. The Bertz CT molecular complexity index is 1020. The van der Waals surface area contributed by atoms with Gasteiger partial charge in [-0.15, -0.1) is 0 Å². The normalized spacial score (nSPS) is 14.7. The molecule has 1 fully saturated rings. The Morgan fingerprint density at radius 1 is 1.03 bits per heavy atom. The molecule has 5 nitrogen and oxygen atoms in total. The molecule has 0 unspecified atom stereocenters. The molecule has 0 atom stereocenters. The van der Waals surface area contributed by atoms with E-state index in [0.29, 0.717) is 29.2 Å². The SMILES string of the molecule is FC(F)(F)c1ccc(Nc2cc(-c3cccnc3)nc(NC3CCCC3)n2)c(Cl)c1. The number of halogens is 4. The Balaban J connectivity index is 1.66. The second-order valence-corrected chi connectivity index (χ2v) is 7.55. The van der Waals surface area contributed by atoms with Crippen LogP contribution in [-0.2, 0) is 6.18 Å². The Hall–Kier alpha value is -2.87. The van der Waals surface area contributed by atoms with E-state index in [2.05, 4.69) is 25.6 Å². The van der Waals surface area contributed by atoms with E-state index in [1.165, 1.54) is 6.07 Å². The second kappa shape index (κ2) is 8.47. The lowest BCUT2D eigenvalue weighted by molar-refractivity contribution is -0.137. The van der Waals surface area contributed by atoms with Gasteiger partial charge in [0.15, 0.2) is 0 Å². The third-order valence-electron chi connectivity index (χ3n) is 4.93. The van der Waals surface area contributed by atoms with Crippen molar-refractivity contribution in [2.75, 3.05) is 10.6 Å². The van der Waals surface area contributed by atoms with Crippen molar-refractivity contribution in [1.29, 1.82) is 0 Å². The van der Waals surface area contributed by atoms with E-state index in [-0.39, 0.29) is 5.02 Å². The van der Waals surface area contributed by atoms with Crippen LogP contribution in [0.2, 0.25) is 5.02 Å². The lowest BCUT2D eigenvalue weighted by atomic mass is 10.2. The van der Waals surface area contributed by atoms with Gasteiger partial charge < -0.3 is 10.6 Å². The standard InChI is InChI=1S/C21H19ClF3N5/c22-16-10-14(21(23,24)25)7-8-17(16)28-19-11-18(13-4-3-9-26-12-13)29-20(30-19)27-15-5-1-2-6-15/h3-4,7-12,15H,1-2,5-6H2,(H2,27,28,29,30). The highest BCUT2D eigenvalue weighted by molar-refractivity contribution is 6.33. The van der Waals surface area contributed by atoms with Crippen molar-refractivity contribution in [3.05, 3.63) is 59.4 Å². The molecule has 9 heteroatoms. The van der Waals surface area contributed by atoms with E-state index in [1.54, 1.807) is 24.5 Å². The minimum absolute atomic E-state index is 0.0448. The Labute approximate surface area is 176 Å². The fraction of sp³-hybridized carbons (Fsp3) is 0.286. The fourth-order valence-corrected chi connectivity index (χ4v) is 3.65. The first-order valence-corrected chi connectivity index (χ1v) is 9.96. The molecule has 2 N–H and O–H groups in total. The van der Waals surface area contributed by atoms with Crippen LogP contribution in [0.5, 0.6) is 0 Å². The number of benzene rings is 1. The monoisotopic (exact) mass is 433 g/mol. The smallest absolute Gasteiger partial charge is 0.351 e. The van der Waals surface area contributed by atoms with Crippen molar-refractivity contribution < 1.29 is 13.2 Å². The zero-order valence-electron chi connectivity index (χ0n) is 15.9. The van der Waals surface area contributed by atoms with Crippen molar-refractivity contribution >= 4 is 29.1 Å². The molecule has 2 heterocycles. The van der Waals surface area contributed by atoms with Gasteiger partial charge in [0.05, 0.1) is 22.0 Å². The molecule has 3 aromatic rings. The summed E-state index contributed by atoms with van der Waals surface area (Å²) in [5.41, 5.74) is 0.966. The molecule has 30 heavy (non-hydrogen) atoms. The molecule has 156 valence electrons. The molecule has 0 aliphatic heterocycles. The topological polar surface area (TPSA) is 62.7 Å². The van der Waals surface area contributed by atoms with Crippen LogP contribution in [0.1, 0.15) is 31.2 Å². The lowest BCUT2D eigenvalue weighted by Crippen LogP contribution is -2.17. The van der Waals surface area contributed by atoms with Crippen LogP contribution < -0.4 is 10.6 Å². The van der Waals surface area contributed by atoms with E-state index in [4.69, 9.17) is 11.6 Å². The molecule has 1 aliphatic rings. The van der Waals surface area contributed by atoms with E-state index >= 15 is 0 Å². The van der Waals surface area contributed by atoms with Crippen LogP contribution in [0.3, 0.4) is 0 Å². The van der Waals surface area contributed by atoms with Crippen molar-refractivity contribution in [2.45, 2.75) is 37.9 Å². The van der Waals surface area contributed by atoms with Crippen LogP contribution in [0.15, 0.2) is 48.8 Å². The predicted molar refractivity (Wildman–Crippen MR) is 111 cm³/mol. The highest BCUT2D eigenvalue weighted by Crippen LogP contribution is 2.35. The maximum absolute atomic E-state index is 12.9. The first-order valence-electron chi connectivity index (χ1n) is 9.58. The summed E-state index contributed by atoms with van der Waals surface area (Å²) < 4.78 is 38.7. The van der Waals surface area contributed by atoms with Gasteiger partial charge in [0.25, 0.3) is 0 Å². The van der Waals surface area contributed by atoms with Gasteiger partial charge in [0, 0.05) is 30.1 Å². The first kappa shape index (κ1) is 20.4. The van der Waals surface area contributed by atoms with Gasteiger partial charge in [-0.25, -0.2) is 4.98 Å². The maximum atomic E-state index is 12.9. The summed E-state index contributed by atoms with van der Waals surface area (Å²) in [5.74, 6) is 0.875.